The molecule has 0 radical (unpaired) electrons. The molecular weight excluding hydrogens is 573 g/mol. The van der Waals surface area contributed by atoms with Crippen LogP contribution in [0.3, 0.4) is 0 Å². The van der Waals surface area contributed by atoms with Crippen LogP contribution in [0.25, 0.3) is 0 Å². The van der Waals surface area contributed by atoms with Crippen molar-refractivity contribution in [1.82, 2.24) is 10.3 Å². The van der Waals surface area contributed by atoms with Crippen LogP contribution >= 0.6 is 0 Å². The number of carboxylic acids is 1. The number of esters is 1. The van der Waals surface area contributed by atoms with Crippen LogP contribution in [-0.2, 0) is 19.1 Å². The molecule has 2 aromatic carbocycles. The molecule has 1 atom stereocenters. The van der Waals surface area contributed by atoms with E-state index in [1.807, 2.05) is 0 Å². The monoisotopic (exact) mass is 603 g/mol. The number of likely N-dealkylation sites (N-methyl/N-ethyl adjacent to an activating group) is 1. The SMILES string of the molecule is CN1C(=O)[C@H](NC(=O)c2cc(Oc3ccc(F)cc3)ccn2)COc2ccc(C#CC(C)(C)COC(=O)CCC(=O)O)cc21. The highest BCUT2D eigenvalue weighted by Gasteiger charge is 2.31. The van der Waals surface area contributed by atoms with Crippen molar-refractivity contribution >= 4 is 29.4 Å². The van der Waals surface area contributed by atoms with Gasteiger partial charge in [0.2, 0.25) is 0 Å². The largest absolute Gasteiger partial charge is 0.489 e. The van der Waals surface area contributed by atoms with Crippen LogP contribution in [-0.4, -0.2) is 60.1 Å². The average Bonchev–Trinajstić information content (AvgIpc) is 3.11. The number of aliphatic carboxylic acids is 1. The Labute approximate surface area is 252 Å². The molecule has 0 bridgehead atoms. The highest BCUT2D eigenvalue weighted by Crippen LogP contribution is 2.32. The first-order chi connectivity index (χ1) is 20.9. The van der Waals surface area contributed by atoms with Gasteiger partial charge < -0.3 is 29.5 Å². The summed E-state index contributed by atoms with van der Waals surface area (Å²) in [6.45, 7) is 3.40. The Morgan fingerprint density at radius 1 is 1.11 bits per heavy atom. The summed E-state index contributed by atoms with van der Waals surface area (Å²) in [5.74, 6) is 4.01. The zero-order chi connectivity index (χ0) is 31.9. The summed E-state index contributed by atoms with van der Waals surface area (Å²) in [7, 11) is 1.56. The fourth-order valence-electron chi connectivity index (χ4n) is 3.97. The molecule has 11 nitrogen and oxygen atoms in total. The summed E-state index contributed by atoms with van der Waals surface area (Å²) in [4.78, 5) is 54.2. The van der Waals surface area contributed by atoms with Crippen LogP contribution in [0.2, 0.25) is 0 Å². The van der Waals surface area contributed by atoms with Gasteiger partial charge in [0.05, 0.1) is 23.9 Å². The number of halogens is 1. The van der Waals surface area contributed by atoms with Crippen LogP contribution in [0.5, 0.6) is 17.2 Å². The second-order valence-electron chi connectivity index (χ2n) is 10.5. The summed E-state index contributed by atoms with van der Waals surface area (Å²) < 4.78 is 29.9. The van der Waals surface area contributed by atoms with Crippen molar-refractivity contribution in [3.63, 3.8) is 0 Å². The number of aromatic nitrogens is 1. The minimum absolute atomic E-state index is 0.00886. The molecule has 1 aromatic heterocycles. The fourth-order valence-corrected chi connectivity index (χ4v) is 3.97. The van der Waals surface area contributed by atoms with E-state index in [1.54, 1.807) is 45.2 Å². The number of fused-ring (bicyclic) bond motifs is 1. The number of hydrogen-bond acceptors (Lipinski definition) is 8. The van der Waals surface area contributed by atoms with Crippen molar-refractivity contribution in [2.45, 2.75) is 32.7 Å². The third-order valence-electron chi connectivity index (χ3n) is 6.36. The minimum Gasteiger partial charge on any atom is -0.489 e. The molecule has 2 heterocycles. The predicted molar refractivity (Wildman–Crippen MR) is 156 cm³/mol. The second-order valence-corrected chi connectivity index (χ2v) is 10.5. The lowest BCUT2D eigenvalue weighted by molar-refractivity contribution is -0.149. The Hall–Kier alpha value is -5.44. The third-order valence-corrected chi connectivity index (χ3v) is 6.36. The molecule has 12 heteroatoms. The molecule has 44 heavy (non-hydrogen) atoms. The molecule has 1 aliphatic heterocycles. The first-order valence-corrected chi connectivity index (χ1v) is 13.6. The Morgan fingerprint density at radius 2 is 1.86 bits per heavy atom. The summed E-state index contributed by atoms with van der Waals surface area (Å²) in [5.41, 5.74) is 0.301. The van der Waals surface area contributed by atoms with Gasteiger partial charge in [-0.25, -0.2) is 4.39 Å². The third kappa shape index (κ3) is 8.54. The van der Waals surface area contributed by atoms with Crippen LogP contribution in [0.4, 0.5) is 10.1 Å². The van der Waals surface area contributed by atoms with Crippen LogP contribution in [0, 0.1) is 23.1 Å². The maximum atomic E-state index is 13.3. The van der Waals surface area contributed by atoms with Crippen molar-refractivity contribution in [2.24, 2.45) is 5.41 Å². The minimum atomic E-state index is -1.08. The van der Waals surface area contributed by atoms with Crippen molar-refractivity contribution in [1.29, 1.82) is 0 Å². The van der Waals surface area contributed by atoms with Crippen molar-refractivity contribution in [3.8, 4) is 29.1 Å². The van der Waals surface area contributed by atoms with E-state index in [9.17, 15) is 23.6 Å². The molecule has 2 N–H and O–H groups in total. The van der Waals surface area contributed by atoms with Crippen molar-refractivity contribution in [2.75, 3.05) is 25.2 Å². The molecule has 0 fully saturated rings. The Bertz CT molecular complexity index is 1630. The number of nitrogens with zero attached hydrogens (tertiary/aromatic N) is 2. The number of ether oxygens (including phenoxy) is 3. The number of benzene rings is 2. The first kappa shape index (κ1) is 31.5. The van der Waals surface area contributed by atoms with Gasteiger partial charge >= 0.3 is 11.9 Å². The molecule has 0 aliphatic carbocycles. The highest BCUT2D eigenvalue weighted by atomic mass is 19.1. The van der Waals surface area contributed by atoms with E-state index in [0.717, 1.165) is 0 Å². The smallest absolute Gasteiger partial charge is 0.306 e. The van der Waals surface area contributed by atoms with E-state index in [-0.39, 0.29) is 31.7 Å². The summed E-state index contributed by atoms with van der Waals surface area (Å²) >= 11 is 0. The van der Waals surface area contributed by atoms with E-state index < -0.39 is 41.0 Å². The van der Waals surface area contributed by atoms with Crippen LogP contribution < -0.4 is 19.7 Å². The lowest BCUT2D eigenvalue weighted by Gasteiger charge is -2.20. The van der Waals surface area contributed by atoms with Gasteiger partial charge in [-0.2, -0.15) is 0 Å². The second kappa shape index (κ2) is 13.7. The van der Waals surface area contributed by atoms with E-state index in [0.29, 0.717) is 28.5 Å². The van der Waals surface area contributed by atoms with Crippen LogP contribution in [0.15, 0.2) is 60.8 Å². The average molecular weight is 604 g/mol. The van der Waals surface area contributed by atoms with E-state index in [4.69, 9.17) is 19.3 Å². The number of anilines is 1. The molecule has 3 aromatic rings. The van der Waals surface area contributed by atoms with Gasteiger partial charge in [0.25, 0.3) is 11.8 Å². The molecule has 0 spiro atoms. The van der Waals surface area contributed by atoms with Gasteiger partial charge in [-0.05, 0) is 62.4 Å². The van der Waals surface area contributed by atoms with Gasteiger partial charge in [0.15, 0.2) is 0 Å². The molecule has 0 saturated carbocycles. The van der Waals surface area contributed by atoms with Crippen molar-refractivity contribution in [3.05, 3.63) is 77.9 Å². The summed E-state index contributed by atoms with van der Waals surface area (Å²) in [6, 6.07) is 12.4. The van der Waals surface area contributed by atoms with Crippen molar-refractivity contribution < 1.29 is 42.9 Å². The van der Waals surface area contributed by atoms with E-state index in [1.165, 1.54) is 41.4 Å². The highest BCUT2D eigenvalue weighted by molar-refractivity contribution is 6.03. The van der Waals surface area contributed by atoms with Gasteiger partial charge in [-0.3, -0.25) is 24.2 Å². The van der Waals surface area contributed by atoms with E-state index in [2.05, 4.69) is 22.1 Å². The quantitative estimate of drug-likeness (QED) is 0.274. The topological polar surface area (TPSA) is 144 Å². The zero-order valence-electron chi connectivity index (χ0n) is 24.3. The maximum Gasteiger partial charge on any atom is 0.306 e. The number of nitrogens with one attached hydrogen (secondary N) is 1. The fraction of sp³-hybridized carbons (Fsp3) is 0.281. The summed E-state index contributed by atoms with van der Waals surface area (Å²) in [5, 5.41) is 11.4. The molecule has 2 amide bonds. The molecule has 1 aliphatic rings. The van der Waals surface area contributed by atoms with Gasteiger partial charge in [-0.15, -0.1) is 0 Å². The normalized spacial score (nSPS) is 14.2. The number of hydrogen-bond donors (Lipinski definition) is 2. The molecule has 228 valence electrons. The van der Waals surface area contributed by atoms with Gasteiger partial charge in [0.1, 0.15) is 48.0 Å². The van der Waals surface area contributed by atoms with Gasteiger partial charge in [0, 0.05) is 24.9 Å². The predicted octanol–water partition coefficient (Wildman–Crippen LogP) is 3.95. The number of pyridine rings is 1. The standard InChI is InChI=1S/C32H30FN3O8/c1-32(2,19-43-29(39)11-10-28(37)38)14-12-20-4-9-27-26(16-20)36(3)31(41)25(18-42-27)35-30(40)24-17-23(13-15-34-24)44-22-7-5-21(33)6-8-22/h4-9,13,15-17,25H,10-11,18-19H2,1-3H3,(H,35,40)(H,37,38)/t25-/m1/s1. The Balaban J connectivity index is 1.40. The molecule has 0 unspecified atom stereocenters. The maximum absolute atomic E-state index is 13.3. The molecule has 0 saturated heterocycles. The number of carbonyl (C=O) groups excluding carboxylic acids is 3. The number of rotatable bonds is 9. The number of carbonyl (C=O) groups is 4. The number of amides is 2. The summed E-state index contributed by atoms with van der Waals surface area (Å²) in [6.07, 6.45) is 0.853. The number of carboxylic acid groups (broad SMARTS) is 1. The molecule has 4 rings (SSSR count). The van der Waals surface area contributed by atoms with Crippen LogP contribution in [0.1, 0.15) is 42.7 Å². The Morgan fingerprint density at radius 3 is 2.59 bits per heavy atom. The molecular formula is C32H30FN3O8. The lowest BCUT2D eigenvalue weighted by Crippen LogP contribution is -2.49. The first-order valence-electron chi connectivity index (χ1n) is 13.6. The van der Waals surface area contributed by atoms with E-state index >= 15 is 0 Å². The van der Waals surface area contributed by atoms with Gasteiger partial charge in [-0.1, -0.05) is 11.8 Å². The lowest BCUT2D eigenvalue weighted by atomic mass is 9.95. The zero-order valence-corrected chi connectivity index (χ0v) is 24.3. The Kier molecular flexibility index (Phi) is 9.80.